The highest BCUT2D eigenvalue weighted by molar-refractivity contribution is 6.07. The van der Waals surface area contributed by atoms with Crippen LogP contribution in [0.5, 0.6) is 5.75 Å². The number of piperidine rings is 1. The Morgan fingerprint density at radius 1 is 1.13 bits per heavy atom. The monoisotopic (exact) mass is 413 g/mol. The normalized spacial score (nSPS) is 16.7. The first-order chi connectivity index (χ1) is 15.1. The molecule has 1 spiro atoms. The van der Waals surface area contributed by atoms with Gasteiger partial charge in [0, 0.05) is 31.0 Å². The Morgan fingerprint density at radius 2 is 1.94 bits per heavy atom. The summed E-state index contributed by atoms with van der Waals surface area (Å²) in [6, 6.07) is 13.6. The average molecular weight is 413 g/mol. The van der Waals surface area contributed by atoms with Crippen molar-refractivity contribution in [2.45, 2.75) is 25.4 Å². The van der Waals surface area contributed by atoms with Crippen LogP contribution in [0.2, 0.25) is 0 Å². The van der Waals surface area contributed by atoms with Crippen molar-refractivity contribution in [3.05, 3.63) is 65.6 Å². The highest BCUT2D eigenvalue weighted by atomic mass is 16.5. The van der Waals surface area contributed by atoms with Crippen molar-refractivity contribution < 1.29 is 9.53 Å². The predicted molar refractivity (Wildman–Crippen MR) is 117 cm³/mol. The van der Waals surface area contributed by atoms with Crippen molar-refractivity contribution in [3.63, 3.8) is 0 Å². The molecule has 0 aliphatic carbocycles. The largest absolute Gasteiger partial charge is 0.482 e. The molecule has 1 N–H and O–H groups in total. The average Bonchev–Trinajstić information content (AvgIpc) is 3.35. The first-order valence-electron chi connectivity index (χ1n) is 10.6. The maximum absolute atomic E-state index is 13.9. The number of aryl methyl sites for hydroxylation is 2. The summed E-state index contributed by atoms with van der Waals surface area (Å²) in [5, 5.41) is 8.20. The van der Waals surface area contributed by atoms with E-state index in [0.717, 1.165) is 65.2 Å². The standard InChI is InChI=1S/C24H23N5O2/c1-15-20-22(16-6-3-4-9-19(16)31-24(20)10-12-25-13-11-24)29(27-15)23(30)17-7-5-8-18-21(17)28(2)14-26-18/h3-9,14,25H,10-13H2,1-2H3. The number of para-hydroxylation sites is 2. The molecule has 0 saturated carbocycles. The molecular formula is C24H23N5O2. The number of nitrogens with one attached hydrogen (secondary N) is 1. The smallest absolute Gasteiger partial charge is 0.280 e. The van der Waals surface area contributed by atoms with Gasteiger partial charge in [0.15, 0.2) is 0 Å². The molecule has 0 atom stereocenters. The lowest BCUT2D eigenvalue weighted by atomic mass is 9.80. The van der Waals surface area contributed by atoms with E-state index in [-0.39, 0.29) is 5.91 Å². The highest BCUT2D eigenvalue weighted by Gasteiger charge is 2.46. The number of aromatic nitrogens is 4. The van der Waals surface area contributed by atoms with Gasteiger partial charge in [0.2, 0.25) is 0 Å². The zero-order valence-corrected chi connectivity index (χ0v) is 17.6. The van der Waals surface area contributed by atoms with E-state index in [2.05, 4.69) is 10.3 Å². The van der Waals surface area contributed by atoms with Crippen molar-refractivity contribution in [2.24, 2.45) is 7.05 Å². The summed E-state index contributed by atoms with van der Waals surface area (Å²) < 4.78 is 10.1. The summed E-state index contributed by atoms with van der Waals surface area (Å²) in [5.74, 6) is 0.656. The van der Waals surface area contributed by atoms with Gasteiger partial charge in [-0.2, -0.15) is 9.78 Å². The Bertz CT molecular complexity index is 1340. The fraction of sp³-hybridized carbons (Fsp3) is 0.292. The third-order valence-electron chi connectivity index (χ3n) is 6.53. The summed E-state index contributed by atoms with van der Waals surface area (Å²) in [4.78, 5) is 18.3. The molecule has 156 valence electrons. The molecule has 2 aromatic carbocycles. The van der Waals surface area contributed by atoms with Crippen molar-refractivity contribution in [2.75, 3.05) is 13.1 Å². The molecule has 0 unspecified atom stereocenters. The second-order valence-electron chi connectivity index (χ2n) is 8.40. The number of rotatable bonds is 1. The lowest BCUT2D eigenvalue weighted by molar-refractivity contribution is 0.0301. The van der Waals surface area contributed by atoms with E-state index in [1.54, 1.807) is 11.0 Å². The number of carbonyl (C=O) groups is 1. The minimum atomic E-state index is -0.462. The Morgan fingerprint density at radius 3 is 2.77 bits per heavy atom. The van der Waals surface area contributed by atoms with Gasteiger partial charge in [0.1, 0.15) is 11.4 Å². The second kappa shape index (κ2) is 6.52. The second-order valence-corrected chi connectivity index (χ2v) is 8.40. The van der Waals surface area contributed by atoms with Gasteiger partial charge in [-0.05, 0) is 44.3 Å². The zero-order valence-electron chi connectivity index (χ0n) is 17.6. The SMILES string of the molecule is Cc1nn(C(=O)c2cccc3ncn(C)c23)c2c1C1(CCNCC1)Oc1ccccc1-2. The fourth-order valence-electron chi connectivity index (χ4n) is 5.16. The molecule has 2 aliphatic rings. The number of hydrogen-bond donors (Lipinski definition) is 1. The maximum Gasteiger partial charge on any atom is 0.280 e. The third kappa shape index (κ3) is 2.53. The molecular weight excluding hydrogens is 390 g/mol. The molecule has 31 heavy (non-hydrogen) atoms. The van der Waals surface area contributed by atoms with Gasteiger partial charge in [-0.15, -0.1) is 0 Å². The van der Waals surface area contributed by atoms with E-state index >= 15 is 0 Å². The van der Waals surface area contributed by atoms with Gasteiger partial charge >= 0.3 is 0 Å². The summed E-state index contributed by atoms with van der Waals surface area (Å²) in [7, 11) is 1.91. The fourth-order valence-corrected chi connectivity index (χ4v) is 5.16. The van der Waals surface area contributed by atoms with Crippen LogP contribution in [0.3, 0.4) is 0 Å². The summed E-state index contributed by atoms with van der Waals surface area (Å²) in [6.45, 7) is 3.72. The molecule has 7 heteroatoms. The topological polar surface area (TPSA) is 74.0 Å². The maximum atomic E-state index is 13.9. The van der Waals surface area contributed by atoms with Crippen LogP contribution >= 0.6 is 0 Å². The molecule has 1 fully saturated rings. The molecule has 4 aromatic rings. The Labute approximate surface area is 179 Å². The summed E-state index contributed by atoms with van der Waals surface area (Å²) >= 11 is 0. The molecule has 7 nitrogen and oxygen atoms in total. The van der Waals surface area contributed by atoms with E-state index in [4.69, 9.17) is 9.84 Å². The number of benzene rings is 2. The number of hydrogen-bond acceptors (Lipinski definition) is 5. The van der Waals surface area contributed by atoms with Crippen LogP contribution in [0.25, 0.3) is 22.3 Å². The van der Waals surface area contributed by atoms with Crippen LogP contribution in [-0.4, -0.2) is 38.3 Å². The van der Waals surface area contributed by atoms with Crippen LogP contribution in [0.4, 0.5) is 0 Å². The number of imidazole rings is 1. The molecule has 1 saturated heterocycles. The van der Waals surface area contributed by atoms with Crippen LogP contribution in [0, 0.1) is 6.92 Å². The molecule has 2 aromatic heterocycles. The van der Waals surface area contributed by atoms with E-state index in [1.807, 2.05) is 61.0 Å². The molecule has 0 radical (unpaired) electrons. The molecule has 4 heterocycles. The minimum absolute atomic E-state index is 0.153. The molecule has 0 bridgehead atoms. The zero-order chi connectivity index (χ0) is 21.2. The Balaban J connectivity index is 1.61. The van der Waals surface area contributed by atoms with Gasteiger partial charge < -0.3 is 14.6 Å². The van der Waals surface area contributed by atoms with Crippen LogP contribution < -0.4 is 10.1 Å². The van der Waals surface area contributed by atoms with E-state index in [9.17, 15) is 4.79 Å². The minimum Gasteiger partial charge on any atom is -0.482 e. The van der Waals surface area contributed by atoms with E-state index in [0.29, 0.717) is 5.56 Å². The third-order valence-corrected chi connectivity index (χ3v) is 6.53. The lowest BCUT2D eigenvalue weighted by Crippen LogP contribution is -2.46. The highest BCUT2D eigenvalue weighted by Crippen LogP contribution is 2.50. The summed E-state index contributed by atoms with van der Waals surface area (Å²) in [6.07, 6.45) is 3.41. The van der Waals surface area contributed by atoms with Gasteiger partial charge in [-0.3, -0.25) is 4.79 Å². The van der Waals surface area contributed by atoms with Crippen LogP contribution in [-0.2, 0) is 12.6 Å². The number of nitrogens with zero attached hydrogens (tertiary/aromatic N) is 4. The Hall–Kier alpha value is -3.45. The number of ether oxygens (including phenoxy) is 1. The first-order valence-corrected chi connectivity index (χ1v) is 10.6. The molecule has 2 aliphatic heterocycles. The quantitative estimate of drug-likeness (QED) is 0.518. The first kappa shape index (κ1) is 18.3. The lowest BCUT2D eigenvalue weighted by Gasteiger charge is -2.42. The van der Waals surface area contributed by atoms with E-state index in [1.165, 1.54) is 0 Å². The van der Waals surface area contributed by atoms with E-state index < -0.39 is 5.60 Å². The van der Waals surface area contributed by atoms with Crippen molar-refractivity contribution in [3.8, 4) is 17.0 Å². The van der Waals surface area contributed by atoms with Gasteiger partial charge in [0.05, 0.1) is 34.3 Å². The molecule has 0 amide bonds. The summed E-state index contributed by atoms with van der Waals surface area (Å²) in [5.41, 5.74) is 5.38. The van der Waals surface area contributed by atoms with Crippen molar-refractivity contribution in [1.82, 2.24) is 24.6 Å². The Kier molecular flexibility index (Phi) is 3.86. The van der Waals surface area contributed by atoms with Gasteiger partial charge in [-0.1, -0.05) is 18.2 Å². The number of fused-ring (bicyclic) bond motifs is 5. The van der Waals surface area contributed by atoms with Gasteiger partial charge in [0.25, 0.3) is 5.91 Å². The van der Waals surface area contributed by atoms with Crippen LogP contribution in [0.1, 0.15) is 34.5 Å². The predicted octanol–water partition coefficient (Wildman–Crippen LogP) is 3.40. The number of carbonyl (C=O) groups excluding carboxylic acids is 1. The molecule has 6 rings (SSSR count). The van der Waals surface area contributed by atoms with Crippen molar-refractivity contribution >= 4 is 16.9 Å². The van der Waals surface area contributed by atoms with Crippen LogP contribution in [0.15, 0.2) is 48.8 Å². The van der Waals surface area contributed by atoms with Gasteiger partial charge in [-0.25, -0.2) is 4.98 Å². The van der Waals surface area contributed by atoms with Crippen molar-refractivity contribution in [1.29, 1.82) is 0 Å².